The first-order valence-corrected chi connectivity index (χ1v) is 7.44. The van der Waals surface area contributed by atoms with Crippen LogP contribution in [0.2, 0.25) is 0 Å². The van der Waals surface area contributed by atoms with E-state index in [-0.39, 0.29) is 6.10 Å². The van der Waals surface area contributed by atoms with Crippen molar-refractivity contribution in [2.45, 2.75) is 32.4 Å². The van der Waals surface area contributed by atoms with Gasteiger partial charge in [-0.3, -0.25) is 9.80 Å². The molecule has 1 aliphatic heterocycles. The number of aliphatic hydroxyl groups excluding tert-OH is 1. The average molecular weight is 262 g/mol. The Bertz CT molecular complexity index is 347. The zero-order valence-corrected chi connectivity index (χ0v) is 12.0. The average Bonchev–Trinajstić information content (AvgIpc) is 2.42. The van der Waals surface area contributed by atoms with Gasteiger partial charge in [0.15, 0.2) is 0 Å². The van der Waals surface area contributed by atoms with E-state index in [0.717, 1.165) is 52.1 Å². The molecule has 106 valence electrons. The van der Waals surface area contributed by atoms with Gasteiger partial charge in [-0.15, -0.1) is 0 Å². The highest BCUT2D eigenvalue weighted by Gasteiger charge is 2.18. The van der Waals surface area contributed by atoms with E-state index in [1.165, 1.54) is 5.56 Å². The van der Waals surface area contributed by atoms with E-state index in [1.54, 1.807) is 0 Å². The quantitative estimate of drug-likeness (QED) is 0.849. The number of hydrogen-bond acceptors (Lipinski definition) is 3. The van der Waals surface area contributed by atoms with Crippen molar-refractivity contribution < 1.29 is 5.11 Å². The van der Waals surface area contributed by atoms with Crippen molar-refractivity contribution in [1.29, 1.82) is 0 Å². The molecule has 0 aliphatic carbocycles. The summed E-state index contributed by atoms with van der Waals surface area (Å²) in [5.74, 6) is 0. The Balaban J connectivity index is 1.70. The molecule has 1 N–H and O–H groups in total. The zero-order chi connectivity index (χ0) is 13.5. The Morgan fingerprint density at radius 3 is 2.32 bits per heavy atom. The minimum atomic E-state index is -0.148. The smallest absolute Gasteiger partial charge is 0.0667 e. The maximum absolute atomic E-state index is 9.85. The molecule has 1 aliphatic rings. The lowest BCUT2D eigenvalue weighted by Crippen LogP contribution is -2.48. The van der Waals surface area contributed by atoms with Gasteiger partial charge in [-0.2, -0.15) is 0 Å². The van der Waals surface area contributed by atoms with Crippen LogP contribution in [-0.4, -0.2) is 53.7 Å². The molecule has 3 nitrogen and oxygen atoms in total. The standard InChI is InChI=1S/C16H26N2O/c1-2-6-16(19)14-18-11-9-17(10-12-18)13-15-7-4-3-5-8-15/h3-5,7-8,16,19H,2,6,9-14H2,1H3. The van der Waals surface area contributed by atoms with E-state index in [4.69, 9.17) is 0 Å². The minimum absolute atomic E-state index is 0.148. The van der Waals surface area contributed by atoms with Crippen molar-refractivity contribution in [1.82, 2.24) is 9.80 Å². The summed E-state index contributed by atoms with van der Waals surface area (Å²) in [6.07, 6.45) is 1.84. The van der Waals surface area contributed by atoms with Crippen molar-refractivity contribution in [2.24, 2.45) is 0 Å². The molecule has 0 radical (unpaired) electrons. The molecule has 2 rings (SSSR count). The fraction of sp³-hybridized carbons (Fsp3) is 0.625. The van der Waals surface area contributed by atoms with Gasteiger partial charge >= 0.3 is 0 Å². The van der Waals surface area contributed by atoms with Crippen LogP contribution < -0.4 is 0 Å². The van der Waals surface area contributed by atoms with Gasteiger partial charge in [0.05, 0.1) is 6.10 Å². The van der Waals surface area contributed by atoms with E-state index in [9.17, 15) is 5.11 Å². The van der Waals surface area contributed by atoms with Gasteiger partial charge in [-0.05, 0) is 12.0 Å². The lowest BCUT2D eigenvalue weighted by atomic mass is 10.1. The summed E-state index contributed by atoms with van der Waals surface area (Å²) in [6, 6.07) is 10.7. The predicted octanol–water partition coefficient (Wildman–Crippen LogP) is 1.97. The van der Waals surface area contributed by atoms with Gasteiger partial charge in [0.1, 0.15) is 0 Å². The molecule has 1 fully saturated rings. The van der Waals surface area contributed by atoms with E-state index in [1.807, 2.05) is 0 Å². The summed E-state index contributed by atoms with van der Waals surface area (Å²) in [5.41, 5.74) is 1.39. The van der Waals surface area contributed by atoms with Gasteiger partial charge in [-0.1, -0.05) is 43.7 Å². The summed E-state index contributed by atoms with van der Waals surface area (Å²) < 4.78 is 0. The highest BCUT2D eigenvalue weighted by atomic mass is 16.3. The maximum atomic E-state index is 9.85. The zero-order valence-electron chi connectivity index (χ0n) is 12.0. The van der Waals surface area contributed by atoms with Crippen LogP contribution in [0.3, 0.4) is 0 Å². The van der Waals surface area contributed by atoms with Crippen molar-refractivity contribution in [3.63, 3.8) is 0 Å². The monoisotopic (exact) mass is 262 g/mol. The van der Waals surface area contributed by atoms with Gasteiger partial charge in [-0.25, -0.2) is 0 Å². The summed E-state index contributed by atoms with van der Waals surface area (Å²) in [4.78, 5) is 4.89. The van der Waals surface area contributed by atoms with E-state index in [2.05, 4.69) is 47.1 Å². The Labute approximate surface area is 116 Å². The third-order valence-corrected chi connectivity index (χ3v) is 3.80. The molecule has 19 heavy (non-hydrogen) atoms. The van der Waals surface area contributed by atoms with Crippen molar-refractivity contribution in [2.75, 3.05) is 32.7 Å². The fourth-order valence-electron chi connectivity index (χ4n) is 2.69. The Morgan fingerprint density at radius 1 is 1.05 bits per heavy atom. The Hall–Kier alpha value is -0.900. The number of rotatable bonds is 6. The topological polar surface area (TPSA) is 26.7 Å². The van der Waals surface area contributed by atoms with Gasteiger partial charge in [0.25, 0.3) is 0 Å². The van der Waals surface area contributed by atoms with Crippen LogP contribution in [0.4, 0.5) is 0 Å². The van der Waals surface area contributed by atoms with Gasteiger partial charge in [0, 0.05) is 39.3 Å². The summed E-state index contributed by atoms with van der Waals surface area (Å²) >= 11 is 0. The van der Waals surface area contributed by atoms with Crippen LogP contribution in [0.25, 0.3) is 0 Å². The second kappa shape index (κ2) is 7.63. The van der Waals surface area contributed by atoms with Crippen LogP contribution in [0, 0.1) is 0 Å². The normalized spacial score (nSPS) is 19.5. The highest BCUT2D eigenvalue weighted by Crippen LogP contribution is 2.09. The predicted molar refractivity (Wildman–Crippen MR) is 79.1 cm³/mol. The third-order valence-electron chi connectivity index (χ3n) is 3.80. The molecule has 0 bridgehead atoms. The molecule has 0 amide bonds. The maximum Gasteiger partial charge on any atom is 0.0667 e. The summed E-state index contributed by atoms with van der Waals surface area (Å²) in [6.45, 7) is 8.38. The molecular formula is C16H26N2O. The molecule has 0 spiro atoms. The number of benzene rings is 1. The lowest BCUT2D eigenvalue weighted by Gasteiger charge is -2.35. The molecule has 1 atom stereocenters. The molecule has 0 aromatic heterocycles. The molecule has 1 aromatic carbocycles. The van der Waals surface area contributed by atoms with Crippen molar-refractivity contribution in [3.05, 3.63) is 35.9 Å². The molecule has 1 aromatic rings. The van der Waals surface area contributed by atoms with Gasteiger partial charge < -0.3 is 5.11 Å². The van der Waals surface area contributed by atoms with E-state index in [0.29, 0.717) is 0 Å². The van der Waals surface area contributed by atoms with E-state index >= 15 is 0 Å². The fourth-order valence-corrected chi connectivity index (χ4v) is 2.69. The van der Waals surface area contributed by atoms with Crippen LogP contribution in [-0.2, 0) is 6.54 Å². The first-order valence-electron chi connectivity index (χ1n) is 7.44. The number of hydrogen-bond donors (Lipinski definition) is 1. The van der Waals surface area contributed by atoms with Crippen LogP contribution in [0.5, 0.6) is 0 Å². The molecular weight excluding hydrogens is 236 g/mol. The van der Waals surface area contributed by atoms with Crippen molar-refractivity contribution >= 4 is 0 Å². The molecule has 3 heteroatoms. The molecule has 1 saturated heterocycles. The third kappa shape index (κ3) is 4.94. The Kier molecular flexibility index (Phi) is 5.83. The SMILES string of the molecule is CCCC(O)CN1CCN(Cc2ccccc2)CC1. The first kappa shape index (κ1) is 14.5. The summed E-state index contributed by atoms with van der Waals surface area (Å²) in [5, 5.41) is 9.85. The lowest BCUT2D eigenvalue weighted by molar-refractivity contribution is 0.0661. The first-order chi connectivity index (χ1) is 9.28. The number of nitrogens with zero attached hydrogens (tertiary/aromatic N) is 2. The molecule has 0 saturated carbocycles. The van der Waals surface area contributed by atoms with Crippen LogP contribution >= 0.6 is 0 Å². The molecule has 1 heterocycles. The molecule has 1 unspecified atom stereocenters. The number of aliphatic hydroxyl groups is 1. The highest BCUT2D eigenvalue weighted by molar-refractivity contribution is 5.14. The number of piperazine rings is 1. The largest absolute Gasteiger partial charge is 0.392 e. The minimum Gasteiger partial charge on any atom is -0.392 e. The van der Waals surface area contributed by atoms with E-state index < -0.39 is 0 Å². The Morgan fingerprint density at radius 2 is 1.68 bits per heavy atom. The van der Waals surface area contributed by atoms with Crippen molar-refractivity contribution in [3.8, 4) is 0 Å². The number of β-amino-alcohol motifs (C(OH)–C–C–N with tert-alkyl or cyclic N) is 1. The van der Waals surface area contributed by atoms with Crippen LogP contribution in [0.15, 0.2) is 30.3 Å². The second-order valence-electron chi connectivity index (χ2n) is 5.50. The van der Waals surface area contributed by atoms with Gasteiger partial charge in [0.2, 0.25) is 0 Å². The second-order valence-corrected chi connectivity index (χ2v) is 5.50. The van der Waals surface area contributed by atoms with Crippen LogP contribution in [0.1, 0.15) is 25.3 Å². The summed E-state index contributed by atoms with van der Waals surface area (Å²) in [7, 11) is 0.